The van der Waals surface area contributed by atoms with Crippen molar-refractivity contribution in [1.29, 1.82) is 0 Å². The molecule has 0 saturated carbocycles. The summed E-state index contributed by atoms with van der Waals surface area (Å²) in [7, 11) is 0. The molecule has 0 amide bonds. The standard InChI is InChI=1S/C7H10O3/c1-2-3-7-9-5-6(4-8)10-7/h2-3,5,7-8H,4H2,1H3. The molecule has 0 fully saturated rings. The summed E-state index contributed by atoms with van der Waals surface area (Å²) < 4.78 is 10.0. The number of hydrogen-bond acceptors (Lipinski definition) is 3. The third-order valence-electron chi connectivity index (χ3n) is 1.11. The predicted molar refractivity (Wildman–Crippen MR) is 35.9 cm³/mol. The quantitative estimate of drug-likeness (QED) is 0.579. The first-order valence-electron chi connectivity index (χ1n) is 3.11. The molecule has 0 spiro atoms. The van der Waals surface area contributed by atoms with Gasteiger partial charge in [-0.1, -0.05) is 6.08 Å². The molecule has 56 valence electrons. The molecule has 1 rings (SSSR count). The summed E-state index contributed by atoms with van der Waals surface area (Å²) >= 11 is 0. The van der Waals surface area contributed by atoms with E-state index in [0.717, 1.165) is 0 Å². The van der Waals surface area contributed by atoms with Crippen molar-refractivity contribution in [2.45, 2.75) is 13.2 Å². The third kappa shape index (κ3) is 1.51. The van der Waals surface area contributed by atoms with Crippen LogP contribution in [0.5, 0.6) is 0 Å². The van der Waals surface area contributed by atoms with Crippen molar-refractivity contribution >= 4 is 0 Å². The van der Waals surface area contributed by atoms with E-state index in [-0.39, 0.29) is 12.9 Å². The minimum atomic E-state index is -0.341. The van der Waals surface area contributed by atoms with Crippen LogP contribution in [0.1, 0.15) is 6.92 Å². The Morgan fingerprint density at radius 3 is 3.10 bits per heavy atom. The fraction of sp³-hybridized carbons (Fsp3) is 0.429. The zero-order valence-electron chi connectivity index (χ0n) is 5.78. The molecule has 0 aliphatic carbocycles. The molecule has 0 radical (unpaired) electrons. The number of ether oxygens (including phenoxy) is 2. The number of allylic oxidation sites excluding steroid dienone is 1. The highest BCUT2D eigenvalue weighted by molar-refractivity contribution is 4.97. The van der Waals surface area contributed by atoms with Gasteiger partial charge in [0.05, 0.1) is 0 Å². The van der Waals surface area contributed by atoms with Crippen LogP contribution < -0.4 is 0 Å². The lowest BCUT2D eigenvalue weighted by Gasteiger charge is -2.04. The van der Waals surface area contributed by atoms with Crippen molar-refractivity contribution in [3.05, 3.63) is 24.2 Å². The first-order chi connectivity index (χ1) is 4.86. The van der Waals surface area contributed by atoms with Gasteiger partial charge in [-0.25, -0.2) is 0 Å². The minimum Gasteiger partial charge on any atom is -0.455 e. The fourth-order valence-electron chi connectivity index (χ4n) is 0.664. The molecule has 0 aromatic rings. The Bertz CT molecular complexity index is 160. The van der Waals surface area contributed by atoms with Crippen molar-refractivity contribution in [1.82, 2.24) is 0 Å². The molecule has 1 N–H and O–H groups in total. The van der Waals surface area contributed by atoms with Crippen molar-refractivity contribution in [2.24, 2.45) is 0 Å². The zero-order valence-corrected chi connectivity index (χ0v) is 5.78. The highest BCUT2D eigenvalue weighted by atomic mass is 16.7. The number of aliphatic hydroxyl groups excluding tert-OH is 1. The maximum absolute atomic E-state index is 8.55. The molecule has 1 atom stereocenters. The largest absolute Gasteiger partial charge is 0.455 e. The highest BCUT2D eigenvalue weighted by Crippen LogP contribution is 2.13. The van der Waals surface area contributed by atoms with Gasteiger partial charge in [-0.2, -0.15) is 0 Å². The molecule has 0 aromatic heterocycles. The zero-order chi connectivity index (χ0) is 7.40. The third-order valence-corrected chi connectivity index (χ3v) is 1.11. The van der Waals surface area contributed by atoms with Gasteiger partial charge in [0.2, 0.25) is 0 Å². The van der Waals surface area contributed by atoms with Crippen molar-refractivity contribution < 1.29 is 14.6 Å². The van der Waals surface area contributed by atoms with E-state index >= 15 is 0 Å². The van der Waals surface area contributed by atoms with Gasteiger partial charge in [-0.3, -0.25) is 0 Å². The van der Waals surface area contributed by atoms with Crippen LogP contribution in [-0.2, 0) is 9.47 Å². The van der Waals surface area contributed by atoms with E-state index in [1.54, 1.807) is 6.08 Å². The van der Waals surface area contributed by atoms with E-state index < -0.39 is 0 Å². The van der Waals surface area contributed by atoms with Gasteiger partial charge in [0, 0.05) is 0 Å². The first-order valence-corrected chi connectivity index (χ1v) is 3.11. The lowest BCUT2D eigenvalue weighted by Crippen LogP contribution is -2.04. The summed E-state index contributed by atoms with van der Waals surface area (Å²) in [5, 5.41) is 8.55. The van der Waals surface area contributed by atoms with Crippen LogP contribution in [0.25, 0.3) is 0 Å². The Balaban J connectivity index is 2.36. The van der Waals surface area contributed by atoms with Crippen molar-refractivity contribution in [3.63, 3.8) is 0 Å². The van der Waals surface area contributed by atoms with Gasteiger partial charge >= 0.3 is 0 Å². The maximum Gasteiger partial charge on any atom is 0.259 e. The summed E-state index contributed by atoms with van der Waals surface area (Å²) in [5.74, 6) is 0.475. The first kappa shape index (κ1) is 7.15. The number of rotatable bonds is 2. The molecule has 1 aliphatic heterocycles. The Labute approximate surface area is 59.6 Å². The second kappa shape index (κ2) is 3.27. The number of aliphatic hydroxyl groups is 1. The van der Waals surface area contributed by atoms with E-state index in [2.05, 4.69) is 0 Å². The molecule has 3 nitrogen and oxygen atoms in total. The van der Waals surface area contributed by atoms with Crippen molar-refractivity contribution in [3.8, 4) is 0 Å². The van der Waals surface area contributed by atoms with Gasteiger partial charge in [0.15, 0.2) is 5.76 Å². The Kier molecular flexibility index (Phi) is 2.34. The Hall–Kier alpha value is -0.960. The SMILES string of the molecule is CC=CC1OC=C(CO)O1. The van der Waals surface area contributed by atoms with Gasteiger partial charge in [-0.05, 0) is 13.0 Å². The second-order valence-corrected chi connectivity index (χ2v) is 1.89. The molecule has 3 heteroatoms. The molecule has 1 unspecified atom stereocenters. The Morgan fingerprint density at radius 2 is 2.60 bits per heavy atom. The van der Waals surface area contributed by atoms with E-state index in [4.69, 9.17) is 14.6 Å². The van der Waals surface area contributed by atoms with Crippen molar-refractivity contribution in [2.75, 3.05) is 6.61 Å². The van der Waals surface area contributed by atoms with Crippen LogP contribution in [-0.4, -0.2) is 18.0 Å². The fourth-order valence-corrected chi connectivity index (χ4v) is 0.664. The van der Waals surface area contributed by atoms with Crippen LogP contribution in [0.4, 0.5) is 0 Å². The number of hydrogen-bond donors (Lipinski definition) is 1. The highest BCUT2D eigenvalue weighted by Gasteiger charge is 2.14. The van der Waals surface area contributed by atoms with E-state index in [1.807, 2.05) is 13.0 Å². The smallest absolute Gasteiger partial charge is 0.259 e. The van der Waals surface area contributed by atoms with Crippen LogP contribution >= 0.6 is 0 Å². The molecule has 1 heterocycles. The molecule has 1 aliphatic rings. The second-order valence-electron chi connectivity index (χ2n) is 1.89. The lowest BCUT2D eigenvalue weighted by molar-refractivity contribution is 0.00193. The predicted octanol–water partition coefficient (Wildman–Crippen LogP) is 0.769. The van der Waals surface area contributed by atoms with Crippen LogP contribution in [0.15, 0.2) is 24.2 Å². The van der Waals surface area contributed by atoms with Gasteiger partial charge in [-0.15, -0.1) is 0 Å². The summed E-state index contributed by atoms with van der Waals surface area (Å²) in [6.07, 6.45) is 4.68. The summed E-state index contributed by atoms with van der Waals surface area (Å²) in [5.41, 5.74) is 0. The molecular weight excluding hydrogens is 132 g/mol. The molecule has 0 aromatic carbocycles. The van der Waals surface area contributed by atoms with Gasteiger partial charge < -0.3 is 14.6 Å². The average molecular weight is 142 g/mol. The molecule has 0 bridgehead atoms. The minimum absolute atomic E-state index is 0.103. The molecule has 0 saturated heterocycles. The summed E-state index contributed by atoms with van der Waals surface area (Å²) in [6.45, 7) is 1.78. The van der Waals surface area contributed by atoms with E-state index in [1.165, 1.54) is 6.26 Å². The normalized spacial score (nSPS) is 24.2. The van der Waals surface area contributed by atoms with Gasteiger partial charge in [0.1, 0.15) is 12.9 Å². The van der Waals surface area contributed by atoms with Crippen LogP contribution in [0, 0.1) is 0 Å². The summed E-state index contributed by atoms with van der Waals surface area (Å²) in [6, 6.07) is 0. The molecular formula is C7H10O3. The van der Waals surface area contributed by atoms with E-state index in [0.29, 0.717) is 5.76 Å². The Morgan fingerprint density at radius 1 is 1.80 bits per heavy atom. The average Bonchev–Trinajstić information content (AvgIpc) is 2.37. The van der Waals surface area contributed by atoms with E-state index in [9.17, 15) is 0 Å². The summed E-state index contributed by atoms with van der Waals surface area (Å²) in [4.78, 5) is 0. The van der Waals surface area contributed by atoms with Crippen LogP contribution in [0.2, 0.25) is 0 Å². The van der Waals surface area contributed by atoms with Crippen LogP contribution in [0.3, 0.4) is 0 Å². The molecule has 10 heavy (non-hydrogen) atoms. The van der Waals surface area contributed by atoms with Gasteiger partial charge in [0.25, 0.3) is 6.29 Å². The topological polar surface area (TPSA) is 38.7 Å². The maximum atomic E-state index is 8.55. The monoisotopic (exact) mass is 142 g/mol. The lowest BCUT2D eigenvalue weighted by atomic mass is 10.5.